The molecule has 0 aliphatic heterocycles. The Balaban J connectivity index is 2.05. The fourth-order valence-electron chi connectivity index (χ4n) is 2.02. The number of nitrogens with one attached hydrogen (secondary N) is 2. The second-order valence-corrected chi connectivity index (χ2v) is 6.61. The van der Waals surface area contributed by atoms with E-state index in [9.17, 15) is 18.0 Å². The Hall–Kier alpha value is -3.11. The van der Waals surface area contributed by atoms with Gasteiger partial charge in [-0.25, -0.2) is 13.6 Å². The number of carbonyl (C=O) groups excluding carboxylic acids is 2. The van der Waals surface area contributed by atoms with Crippen LogP contribution in [0, 0.1) is 0 Å². The van der Waals surface area contributed by atoms with Gasteiger partial charge in [0, 0.05) is 17.4 Å². The molecular weight excluding hydrogens is 362 g/mol. The van der Waals surface area contributed by atoms with Crippen molar-refractivity contribution in [3.63, 3.8) is 0 Å². The van der Waals surface area contributed by atoms with Crippen LogP contribution in [0.5, 0.6) is 11.5 Å². The van der Waals surface area contributed by atoms with E-state index in [0.717, 1.165) is 0 Å². The smallest absolute Gasteiger partial charge is 0.314 e. The summed E-state index contributed by atoms with van der Waals surface area (Å²) >= 11 is 0. The Labute approximate surface area is 150 Å². The molecule has 0 saturated carbocycles. The standard InChI is InChI=1S/C16H17N3O6S/c1-24-13-8-5-11(9-14(13)25-2)19-16(21)15(20)18-10-3-6-12(7-4-10)26(17,22)23/h3-9H,1-2H3,(H,18,20)(H,19,21)(H2,17,22,23). The SMILES string of the molecule is COc1ccc(NC(=O)C(=O)Nc2ccc(S(N)(=O)=O)cc2)cc1OC. The van der Waals surface area contributed by atoms with Crippen LogP contribution in [-0.4, -0.2) is 34.5 Å². The lowest BCUT2D eigenvalue weighted by atomic mass is 10.2. The first kappa shape index (κ1) is 19.2. The zero-order valence-corrected chi connectivity index (χ0v) is 14.8. The van der Waals surface area contributed by atoms with Crippen LogP contribution < -0.4 is 25.2 Å². The third-order valence-corrected chi connectivity index (χ3v) is 4.22. The van der Waals surface area contributed by atoms with E-state index in [1.54, 1.807) is 12.1 Å². The van der Waals surface area contributed by atoms with E-state index in [-0.39, 0.29) is 10.6 Å². The van der Waals surface area contributed by atoms with Crippen molar-refractivity contribution in [3.05, 3.63) is 42.5 Å². The maximum atomic E-state index is 12.0. The molecule has 0 unspecified atom stereocenters. The Bertz CT molecular complexity index is 926. The van der Waals surface area contributed by atoms with Crippen LogP contribution in [0.3, 0.4) is 0 Å². The van der Waals surface area contributed by atoms with Gasteiger partial charge in [-0.1, -0.05) is 0 Å². The van der Waals surface area contributed by atoms with Crippen molar-refractivity contribution in [2.75, 3.05) is 24.9 Å². The number of primary sulfonamides is 1. The molecule has 0 heterocycles. The molecule has 4 N–H and O–H groups in total. The molecule has 2 aromatic rings. The van der Waals surface area contributed by atoms with E-state index in [1.165, 1.54) is 44.6 Å². The maximum absolute atomic E-state index is 12.0. The van der Waals surface area contributed by atoms with Crippen molar-refractivity contribution >= 4 is 33.2 Å². The number of rotatable bonds is 5. The van der Waals surface area contributed by atoms with Crippen molar-refractivity contribution in [1.29, 1.82) is 0 Å². The second-order valence-electron chi connectivity index (χ2n) is 5.05. The molecule has 0 aliphatic carbocycles. The quantitative estimate of drug-likeness (QED) is 0.661. The predicted molar refractivity (Wildman–Crippen MR) is 94.6 cm³/mol. The largest absolute Gasteiger partial charge is 0.493 e. The van der Waals surface area contributed by atoms with Gasteiger partial charge in [0.05, 0.1) is 19.1 Å². The van der Waals surface area contributed by atoms with Crippen LogP contribution in [0.2, 0.25) is 0 Å². The zero-order valence-electron chi connectivity index (χ0n) is 14.0. The minimum Gasteiger partial charge on any atom is -0.493 e. The first-order valence-electron chi connectivity index (χ1n) is 7.22. The lowest BCUT2D eigenvalue weighted by Gasteiger charge is -2.10. The summed E-state index contributed by atoms with van der Waals surface area (Å²) in [7, 11) is -0.909. The number of ether oxygens (including phenoxy) is 2. The van der Waals surface area contributed by atoms with Gasteiger partial charge in [-0.2, -0.15) is 0 Å². The predicted octanol–water partition coefficient (Wildman–Crippen LogP) is 0.928. The Morgan fingerprint density at radius 1 is 0.846 bits per heavy atom. The summed E-state index contributed by atoms with van der Waals surface area (Å²) in [5, 5.41) is 9.76. The summed E-state index contributed by atoms with van der Waals surface area (Å²) in [5.74, 6) is -0.968. The highest BCUT2D eigenvalue weighted by atomic mass is 32.2. The topological polar surface area (TPSA) is 137 Å². The third kappa shape index (κ3) is 4.71. The molecule has 10 heteroatoms. The van der Waals surface area contributed by atoms with E-state index in [1.807, 2.05) is 0 Å². The average molecular weight is 379 g/mol. The number of benzene rings is 2. The minimum atomic E-state index is -3.83. The van der Waals surface area contributed by atoms with Gasteiger partial charge in [-0.3, -0.25) is 9.59 Å². The Morgan fingerprint density at radius 2 is 1.35 bits per heavy atom. The number of hydrogen-bond acceptors (Lipinski definition) is 6. The van der Waals surface area contributed by atoms with Crippen molar-refractivity contribution in [1.82, 2.24) is 0 Å². The Kier molecular flexibility index (Phi) is 5.80. The molecule has 2 rings (SSSR count). The van der Waals surface area contributed by atoms with Gasteiger partial charge in [-0.15, -0.1) is 0 Å². The fourth-order valence-corrected chi connectivity index (χ4v) is 2.53. The van der Waals surface area contributed by atoms with Crippen molar-refractivity contribution < 1.29 is 27.5 Å². The molecule has 9 nitrogen and oxygen atoms in total. The molecular formula is C16H17N3O6S. The molecule has 0 bridgehead atoms. The number of sulfonamides is 1. The highest BCUT2D eigenvalue weighted by molar-refractivity contribution is 7.89. The summed E-state index contributed by atoms with van der Waals surface area (Å²) in [6.45, 7) is 0. The van der Waals surface area contributed by atoms with Gasteiger partial charge in [0.2, 0.25) is 10.0 Å². The van der Waals surface area contributed by atoms with Crippen LogP contribution >= 0.6 is 0 Å². The van der Waals surface area contributed by atoms with Crippen LogP contribution in [0.1, 0.15) is 0 Å². The van der Waals surface area contributed by atoms with E-state index in [0.29, 0.717) is 17.2 Å². The van der Waals surface area contributed by atoms with Crippen molar-refractivity contribution in [2.45, 2.75) is 4.90 Å². The molecule has 0 radical (unpaired) electrons. The van der Waals surface area contributed by atoms with E-state index in [4.69, 9.17) is 14.6 Å². The fraction of sp³-hybridized carbons (Fsp3) is 0.125. The summed E-state index contributed by atoms with van der Waals surface area (Å²) < 4.78 is 32.6. The van der Waals surface area contributed by atoms with Crippen molar-refractivity contribution in [2.24, 2.45) is 5.14 Å². The average Bonchev–Trinajstić information content (AvgIpc) is 2.61. The number of anilines is 2. The van der Waals surface area contributed by atoms with Crippen LogP contribution in [0.25, 0.3) is 0 Å². The monoisotopic (exact) mass is 379 g/mol. The van der Waals surface area contributed by atoms with Gasteiger partial charge < -0.3 is 20.1 Å². The van der Waals surface area contributed by atoms with Gasteiger partial charge in [0.25, 0.3) is 0 Å². The maximum Gasteiger partial charge on any atom is 0.314 e. The number of hydrogen-bond donors (Lipinski definition) is 3. The normalized spacial score (nSPS) is 10.7. The van der Waals surface area contributed by atoms with Crippen LogP contribution in [-0.2, 0) is 19.6 Å². The number of nitrogens with two attached hydrogens (primary N) is 1. The highest BCUT2D eigenvalue weighted by Crippen LogP contribution is 2.29. The van der Waals surface area contributed by atoms with Crippen molar-refractivity contribution in [3.8, 4) is 11.5 Å². The molecule has 0 aliphatic rings. The van der Waals surface area contributed by atoms with E-state index >= 15 is 0 Å². The van der Waals surface area contributed by atoms with Gasteiger partial charge in [0.15, 0.2) is 11.5 Å². The van der Waals surface area contributed by atoms with E-state index in [2.05, 4.69) is 10.6 Å². The van der Waals surface area contributed by atoms with E-state index < -0.39 is 21.8 Å². The Morgan fingerprint density at radius 3 is 1.85 bits per heavy atom. The molecule has 2 aromatic carbocycles. The number of amides is 2. The minimum absolute atomic E-state index is 0.106. The van der Waals surface area contributed by atoms with Crippen LogP contribution in [0.4, 0.5) is 11.4 Å². The molecule has 2 amide bonds. The molecule has 0 saturated heterocycles. The van der Waals surface area contributed by atoms with Gasteiger partial charge in [0.1, 0.15) is 0 Å². The molecule has 0 fully saturated rings. The summed E-state index contributed by atoms with van der Waals surface area (Å²) in [6, 6.07) is 9.72. The molecule has 0 atom stereocenters. The first-order valence-corrected chi connectivity index (χ1v) is 8.76. The van der Waals surface area contributed by atoms with Gasteiger partial charge in [-0.05, 0) is 36.4 Å². The zero-order chi connectivity index (χ0) is 19.3. The summed E-state index contributed by atoms with van der Waals surface area (Å²) in [4.78, 5) is 23.8. The number of carbonyl (C=O) groups is 2. The molecule has 0 aromatic heterocycles. The summed E-state index contributed by atoms with van der Waals surface area (Å²) in [6.07, 6.45) is 0. The van der Waals surface area contributed by atoms with Gasteiger partial charge >= 0.3 is 11.8 Å². The lowest BCUT2D eigenvalue weighted by Crippen LogP contribution is -2.29. The first-order chi connectivity index (χ1) is 12.2. The second kappa shape index (κ2) is 7.85. The number of methoxy groups -OCH3 is 2. The highest BCUT2D eigenvalue weighted by Gasteiger charge is 2.16. The van der Waals surface area contributed by atoms with Crippen LogP contribution in [0.15, 0.2) is 47.4 Å². The molecule has 138 valence electrons. The molecule has 26 heavy (non-hydrogen) atoms. The third-order valence-electron chi connectivity index (χ3n) is 3.29. The molecule has 0 spiro atoms. The summed E-state index contributed by atoms with van der Waals surface area (Å²) in [5.41, 5.74) is 0.581. The lowest BCUT2D eigenvalue weighted by molar-refractivity contribution is -0.132.